The maximum Gasteiger partial charge on any atom is 0.230 e. The Bertz CT molecular complexity index is 811. The van der Waals surface area contributed by atoms with E-state index in [-0.39, 0.29) is 35.3 Å². The molecule has 3 rings (SSSR count). The third kappa shape index (κ3) is 5.96. The third-order valence-corrected chi connectivity index (χ3v) is 5.23. The van der Waals surface area contributed by atoms with Gasteiger partial charge < -0.3 is 20.0 Å². The van der Waals surface area contributed by atoms with E-state index in [1.165, 1.54) is 0 Å². The van der Waals surface area contributed by atoms with E-state index >= 15 is 0 Å². The zero-order chi connectivity index (χ0) is 20.7. The van der Waals surface area contributed by atoms with Gasteiger partial charge in [-0.1, -0.05) is 12.8 Å². The summed E-state index contributed by atoms with van der Waals surface area (Å²) in [6.07, 6.45) is 6.25. The molecule has 2 aromatic heterocycles. The number of aromatic amines is 1. The summed E-state index contributed by atoms with van der Waals surface area (Å²) < 4.78 is 5.31. The molecule has 2 aromatic rings. The molecule has 0 atom stereocenters. The number of halogens is 1. The van der Waals surface area contributed by atoms with Crippen molar-refractivity contribution in [2.75, 3.05) is 33.7 Å². The minimum Gasteiger partial charge on any atom is -0.461 e. The number of hydrogen-bond donors (Lipinski definition) is 3. The molecule has 0 saturated heterocycles. The summed E-state index contributed by atoms with van der Waals surface area (Å²) in [5.41, 5.74) is -0.366. The lowest BCUT2D eigenvalue weighted by Gasteiger charge is -2.29. The number of nitrogens with zero attached hydrogens (tertiary/aromatic N) is 4. The Balaban J connectivity index is 0.00000320. The van der Waals surface area contributed by atoms with Crippen LogP contribution in [0.3, 0.4) is 0 Å². The molecule has 166 valence electrons. The SMILES string of the molecule is CCNC(=NCC1(C(=O)N(C)C)CCCC1)NCCc1nc(-c2ccco2)n[nH]1.I. The summed E-state index contributed by atoms with van der Waals surface area (Å²) in [6, 6.07) is 3.64. The van der Waals surface area contributed by atoms with E-state index < -0.39 is 0 Å². The van der Waals surface area contributed by atoms with Crippen LogP contribution in [0.2, 0.25) is 0 Å². The molecule has 30 heavy (non-hydrogen) atoms. The smallest absolute Gasteiger partial charge is 0.230 e. The van der Waals surface area contributed by atoms with Crippen molar-refractivity contribution in [2.24, 2.45) is 10.4 Å². The van der Waals surface area contributed by atoms with Crippen LogP contribution in [0.5, 0.6) is 0 Å². The van der Waals surface area contributed by atoms with Crippen molar-refractivity contribution in [3.8, 4) is 11.6 Å². The normalized spacial score (nSPS) is 15.5. The van der Waals surface area contributed by atoms with Gasteiger partial charge >= 0.3 is 0 Å². The van der Waals surface area contributed by atoms with E-state index in [2.05, 4.69) is 25.8 Å². The second-order valence-corrected chi connectivity index (χ2v) is 7.64. The summed E-state index contributed by atoms with van der Waals surface area (Å²) in [6.45, 7) is 3.93. The number of carbonyl (C=O) groups is 1. The standard InChI is InChI=1S/C20H31N7O2.HI/c1-4-21-19(23-14-20(10-5-6-11-20)18(28)27(2)3)22-12-9-16-24-17(26-25-16)15-8-7-13-29-15;/h7-8,13H,4-6,9-12,14H2,1-3H3,(H2,21,22,23)(H,24,25,26);1H. The molecular weight excluding hydrogens is 497 g/mol. The third-order valence-electron chi connectivity index (χ3n) is 5.23. The number of hydrogen-bond acceptors (Lipinski definition) is 5. The molecule has 3 N–H and O–H groups in total. The first-order chi connectivity index (χ1) is 14.0. The quantitative estimate of drug-likeness (QED) is 0.275. The minimum absolute atomic E-state index is 0. The Morgan fingerprint density at radius 2 is 2.10 bits per heavy atom. The van der Waals surface area contributed by atoms with Crippen LogP contribution in [0.4, 0.5) is 0 Å². The Labute approximate surface area is 194 Å². The van der Waals surface area contributed by atoms with Crippen LogP contribution in [0.15, 0.2) is 27.8 Å². The summed E-state index contributed by atoms with van der Waals surface area (Å²) in [4.78, 5) is 23.6. The first-order valence-electron chi connectivity index (χ1n) is 10.2. The van der Waals surface area contributed by atoms with E-state index in [1.54, 1.807) is 11.2 Å². The number of H-pyrrole nitrogens is 1. The van der Waals surface area contributed by atoms with E-state index in [0.717, 1.165) is 44.0 Å². The Morgan fingerprint density at radius 1 is 1.33 bits per heavy atom. The highest BCUT2D eigenvalue weighted by atomic mass is 127. The molecule has 2 heterocycles. The highest BCUT2D eigenvalue weighted by Crippen LogP contribution is 2.39. The lowest BCUT2D eigenvalue weighted by atomic mass is 9.85. The Kier molecular flexibility index (Phi) is 9.12. The second-order valence-electron chi connectivity index (χ2n) is 7.64. The van der Waals surface area contributed by atoms with E-state index in [9.17, 15) is 4.79 Å². The largest absolute Gasteiger partial charge is 0.461 e. The number of rotatable bonds is 8. The van der Waals surface area contributed by atoms with Gasteiger partial charge in [-0.3, -0.25) is 14.9 Å². The van der Waals surface area contributed by atoms with Gasteiger partial charge in [0.2, 0.25) is 11.7 Å². The first-order valence-corrected chi connectivity index (χ1v) is 10.2. The fourth-order valence-corrected chi connectivity index (χ4v) is 3.76. The van der Waals surface area contributed by atoms with Crippen LogP contribution >= 0.6 is 24.0 Å². The molecule has 1 aliphatic rings. The van der Waals surface area contributed by atoms with Gasteiger partial charge in [-0.15, -0.1) is 24.0 Å². The molecule has 1 fully saturated rings. The zero-order valence-electron chi connectivity index (χ0n) is 17.9. The zero-order valence-corrected chi connectivity index (χ0v) is 20.2. The van der Waals surface area contributed by atoms with Gasteiger partial charge in [0, 0.05) is 33.6 Å². The number of aromatic nitrogens is 3. The highest BCUT2D eigenvalue weighted by Gasteiger charge is 2.42. The number of aliphatic imine (C=N–C) groups is 1. The molecular formula is C20H32IN7O2. The number of carbonyl (C=O) groups excluding carboxylic acids is 1. The lowest BCUT2D eigenvalue weighted by Crippen LogP contribution is -2.43. The molecule has 0 radical (unpaired) electrons. The minimum atomic E-state index is -0.366. The van der Waals surface area contributed by atoms with Gasteiger partial charge in [0.15, 0.2) is 11.7 Å². The van der Waals surface area contributed by atoms with E-state index in [4.69, 9.17) is 9.41 Å². The van der Waals surface area contributed by atoms with Gasteiger partial charge in [0.05, 0.1) is 18.2 Å². The number of guanidine groups is 1. The van der Waals surface area contributed by atoms with Crippen LogP contribution in [0.1, 0.15) is 38.4 Å². The topological polar surface area (TPSA) is 111 Å². The van der Waals surface area contributed by atoms with Crippen molar-refractivity contribution < 1.29 is 9.21 Å². The number of furan rings is 1. The van der Waals surface area contributed by atoms with Crippen molar-refractivity contribution >= 4 is 35.8 Å². The molecule has 1 saturated carbocycles. The predicted octanol–water partition coefficient (Wildman–Crippen LogP) is 2.43. The van der Waals surface area contributed by atoms with Crippen LogP contribution in [0, 0.1) is 5.41 Å². The van der Waals surface area contributed by atoms with Crippen LogP contribution in [-0.2, 0) is 11.2 Å². The molecule has 10 heteroatoms. The molecule has 0 unspecified atom stereocenters. The van der Waals surface area contributed by atoms with Crippen molar-refractivity contribution in [3.05, 3.63) is 24.2 Å². The van der Waals surface area contributed by atoms with E-state index in [0.29, 0.717) is 31.1 Å². The summed E-state index contributed by atoms with van der Waals surface area (Å²) in [5.74, 6) is 2.87. The Hall–Kier alpha value is -2.11. The Morgan fingerprint density at radius 3 is 2.73 bits per heavy atom. The molecule has 0 aliphatic heterocycles. The van der Waals surface area contributed by atoms with Crippen molar-refractivity contribution in [1.29, 1.82) is 0 Å². The van der Waals surface area contributed by atoms with Gasteiger partial charge in [0.1, 0.15) is 5.82 Å². The maximum atomic E-state index is 12.7. The fraction of sp³-hybridized carbons (Fsp3) is 0.600. The van der Waals surface area contributed by atoms with Crippen LogP contribution in [0.25, 0.3) is 11.6 Å². The summed E-state index contributed by atoms with van der Waals surface area (Å²) >= 11 is 0. The van der Waals surface area contributed by atoms with Gasteiger partial charge in [-0.25, -0.2) is 4.98 Å². The maximum absolute atomic E-state index is 12.7. The van der Waals surface area contributed by atoms with E-state index in [1.807, 2.05) is 33.2 Å². The monoisotopic (exact) mass is 529 g/mol. The van der Waals surface area contributed by atoms with Gasteiger partial charge in [0.25, 0.3) is 0 Å². The van der Waals surface area contributed by atoms with Crippen molar-refractivity contribution in [1.82, 2.24) is 30.7 Å². The number of amides is 1. The molecule has 1 amide bonds. The van der Waals surface area contributed by atoms with Gasteiger partial charge in [-0.05, 0) is 31.9 Å². The average Bonchev–Trinajstić information content (AvgIpc) is 3.47. The van der Waals surface area contributed by atoms with Crippen LogP contribution in [-0.4, -0.2) is 65.7 Å². The summed E-state index contributed by atoms with van der Waals surface area (Å²) in [7, 11) is 3.65. The summed E-state index contributed by atoms with van der Waals surface area (Å²) in [5, 5.41) is 13.7. The molecule has 0 spiro atoms. The number of nitrogens with one attached hydrogen (secondary N) is 3. The molecule has 0 bridgehead atoms. The molecule has 0 aromatic carbocycles. The van der Waals surface area contributed by atoms with Gasteiger partial charge in [-0.2, -0.15) is 5.10 Å². The second kappa shape index (κ2) is 11.3. The fourth-order valence-electron chi connectivity index (χ4n) is 3.76. The predicted molar refractivity (Wildman–Crippen MR) is 127 cm³/mol. The van der Waals surface area contributed by atoms with Crippen molar-refractivity contribution in [3.63, 3.8) is 0 Å². The molecule has 1 aliphatic carbocycles. The first kappa shape index (κ1) is 24.2. The van der Waals surface area contributed by atoms with Crippen LogP contribution < -0.4 is 10.6 Å². The lowest BCUT2D eigenvalue weighted by molar-refractivity contribution is -0.138. The average molecular weight is 529 g/mol. The highest BCUT2D eigenvalue weighted by molar-refractivity contribution is 14.0. The van der Waals surface area contributed by atoms with Crippen molar-refractivity contribution in [2.45, 2.75) is 39.0 Å². The molecule has 9 nitrogen and oxygen atoms in total.